The summed E-state index contributed by atoms with van der Waals surface area (Å²) in [5, 5.41) is 11.8. The molecule has 6 heteroatoms. The van der Waals surface area contributed by atoms with E-state index in [1.165, 1.54) is 11.8 Å². The van der Waals surface area contributed by atoms with Gasteiger partial charge in [0.15, 0.2) is 0 Å². The van der Waals surface area contributed by atoms with Gasteiger partial charge in [-0.15, -0.1) is 6.58 Å². The Balaban J connectivity index is 4.68. The Labute approximate surface area is 131 Å². The molecule has 122 valence electrons. The Bertz CT molecular complexity index is 374. The van der Waals surface area contributed by atoms with Gasteiger partial charge in [-0.2, -0.15) is 11.8 Å². The van der Waals surface area contributed by atoms with Crippen LogP contribution in [0.4, 0.5) is 4.79 Å². The normalized spacial score (nSPS) is 13.4. The molecule has 2 N–H and O–H groups in total. The first-order valence-corrected chi connectivity index (χ1v) is 7.95. The van der Waals surface area contributed by atoms with Gasteiger partial charge in [-0.25, -0.2) is 9.59 Å². The zero-order valence-corrected chi connectivity index (χ0v) is 14.4. The Hall–Kier alpha value is -1.17. The lowest BCUT2D eigenvalue weighted by molar-refractivity contribution is -0.140. The van der Waals surface area contributed by atoms with Gasteiger partial charge in [0.2, 0.25) is 0 Å². The van der Waals surface area contributed by atoms with Gasteiger partial charge >= 0.3 is 12.1 Å². The molecule has 21 heavy (non-hydrogen) atoms. The van der Waals surface area contributed by atoms with Crippen molar-refractivity contribution in [3.8, 4) is 0 Å². The van der Waals surface area contributed by atoms with E-state index in [0.29, 0.717) is 0 Å². The quantitative estimate of drug-likeness (QED) is 0.530. The van der Waals surface area contributed by atoms with Crippen molar-refractivity contribution in [2.24, 2.45) is 0 Å². The van der Waals surface area contributed by atoms with Crippen LogP contribution in [0, 0.1) is 0 Å². The summed E-state index contributed by atoms with van der Waals surface area (Å²) in [4.78, 5) is 23.2. The van der Waals surface area contributed by atoms with Crippen LogP contribution in [0.5, 0.6) is 0 Å². The number of hydrogen-bond acceptors (Lipinski definition) is 4. The zero-order valence-electron chi connectivity index (χ0n) is 13.6. The average Bonchev–Trinajstić information content (AvgIpc) is 2.29. The maximum absolute atomic E-state index is 11.8. The van der Waals surface area contributed by atoms with Crippen LogP contribution >= 0.6 is 11.8 Å². The van der Waals surface area contributed by atoms with Crippen molar-refractivity contribution >= 4 is 23.8 Å². The Morgan fingerprint density at radius 2 is 1.90 bits per heavy atom. The lowest BCUT2D eigenvalue weighted by Crippen LogP contribution is -2.53. The molecule has 0 aromatic heterocycles. The van der Waals surface area contributed by atoms with Crippen LogP contribution in [0.25, 0.3) is 0 Å². The molecule has 1 unspecified atom stereocenters. The first kappa shape index (κ1) is 19.8. The standard InChI is InChI=1S/C15H27NO4S/c1-7-8-9-10-21-15(5,6)11(12(17)18)16-13(19)20-14(2,3)4/h7,11H,1,8-10H2,2-6H3,(H,16,19)(H,17,18). The molecule has 0 aromatic carbocycles. The van der Waals surface area contributed by atoms with E-state index in [9.17, 15) is 14.7 Å². The number of carbonyl (C=O) groups excluding carboxylic acids is 1. The van der Waals surface area contributed by atoms with Crippen LogP contribution < -0.4 is 5.32 Å². The molecule has 0 aliphatic rings. The van der Waals surface area contributed by atoms with E-state index in [0.717, 1.165) is 18.6 Å². The molecule has 0 rings (SSSR count). The number of carboxylic acids is 1. The molecule has 0 bridgehead atoms. The number of amides is 1. The number of hydrogen-bond donors (Lipinski definition) is 2. The largest absolute Gasteiger partial charge is 0.480 e. The molecule has 0 aliphatic heterocycles. The third-order valence-electron chi connectivity index (χ3n) is 2.63. The van der Waals surface area contributed by atoms with E-state index < -0.39 is 28.5 Å². The molecule has 0 spiro atoms. The maximum Gasteiger partial charge on any atom is 0.408 e. The highest BCUT2D eigenvalue weighted by Gasteiger charge is 2.37. The molecular weight excluding hydrogens is 290 g/mol. The number of aliphatic carboxylic acids is 1. The topological polar surface area (TPSA) is 75.6 Å². The number of allylic oxidation sites excluding steroid dienone is 1. The summed E-state index contributed by atoms with van der Waals surface area (Å²) in [5.41, 5.74) is -0.658. The van der Waals surface area contributed by atoms with Crippen LogP contribution in [0.15, 0.2) is 12.7 Å². The second-order valence-electron chi connectivity index (χ2n) is 6.30. The molecule has 0 saturated heterocycles. The lowest BCUT2D eigenvalue weighted by Gasteiger charge is -2.32. The first-order chi connectivity index (χ1) is 9.49. The van der Waals surface area contributed by atoms with Crippen molar-refractivity contribution in [1.82, 2.24) is 5.32 Å². The van der Waals surface area contributed by atoms with E-state index in [1.54, 1.807) is 20.8 Å². The van der Waals surface area contributed by atoms with Gasteiger partial charge in [-0.05, 0) is 53.2 Å². The molecule has 1 atom stereocenters. The highest BCUT2D eigenvalue weighted by molar-refractivity contribution is 8.00. The van der Waals surface area contributed by atoms with Crippen molar-refractivity contribution in [1.29, 1.82) is 0 Å². The second-order valence-corrected chi connectivity index (χ2v) is 8.05. The number of nitrogens with one attached hydrogen (secondary N) is 1. The fourth-order valence-corrected chi connectivity index (χ4v) is 2.77. The van der Waals surface area contributed by atoms with Crippen molar-refractivity contribution < 1.29 is 19.4 Å². The molecule has 1 amide bonds. The number of ether oxygens (including phenoxy) is 1. The summed E-state index contributed by atoms with van der Waals surface area (Å²) in [6.07, 6.45) is 2.94. The summed E-state index contributed by atoms with van der Waals surface area (Å²) in [5.74, 6) is -0.263. The predicted octanol–water partition coefficient (Wildman–Crippen LogP) is 3.44. The summed E-state index contributed by atoms with van der Waals surface area (Å²) in [7, 11) is 0. The predicted molar refractivity (Wildman–Crippen MR) is 86.8 cm³/mol. The fraction of sp³-hybridized carbons (Fsp3) is 0.733. The molecular formula is C15H27NO4S. The van der Waals surface area contributed by atoms with Crippen molar-refractivity contribution in [2.45, 2.75) is 63.9 Å². The number of rotatable bonds is 8. The highest BCUT2D eigenvalue weighted by atomic mass is 32.2. The molecule has 0 heterocycles. The van der Waals surface area contributed by atoms with Gasteiger partial charge in [0.1, 0.15) is 11.6 Å². The van der Waals surface area contributed by atoms with Gasteiger partial charge in [0, 0.05) is 4.75 Å². The smallest absolute Gasteiger partial charge is 0.408 e. The number of carbonyl (C=O) groups is 2. The van der Waals surface area contributed by atoms with E-state index in [4.69, 9.17) is 4.74 Å². The Morgan fingerprint density at radius 1 is 1.33 bits per heavy atom. The molecule has 0 fully saturated rings. The number of unbranched alkanes of at least 4 members (excludes halogenated alkanes) is 1. The minimum Gasteiger partial charge on any atom is -0.480 e. The Morgan fingerprint density at radius 3 is 2.33 bits per heavy atom. The summed E-state index contributed by atoms with van der Waals surface area (Å²) < 4.78 is 4.49. The van der Waals surface area contributed by atoms with E-state index >= 15 is 0 Å². The van der Waals surface area contributed by atoms with Crippen LogP contribution in [0.2, 0.25) is 0 Å². The monoisotopic (exact) mass is 317 g/mol. The van der Waals surface area contributed by atoms with E-state index in [-0.39, 0.29) is 0 Å². The van der Waals surface area contributed by atoms with Gasteiger partial charge in [0.25, 0.3) is 0 Å². The summed E-state index contributed by atoms with van der Waals surface area (Å²) in [6.45, 7) is 12.5. The third-order valence-corrected chi connectivity index (χ3v) is 4.10. The number of alkyl carbamates (subject to hydrolysis) is 1. The van der Waals surface area contributed by atoms with Crippen molar-refractivity contribution in [3.63, 3.8) is 0 Å². The van der Waals surface area contributed by atoms with Gasteiger partial charge < -0.3 is 15.2 Å². The maximum atomic E-state index is 11.8. The van der Waals surface area contributed by atoms with E-state index in [1.807, 2.05) is 19.9 Å². The molecule has 5 nitrogen and oxygen atoms in total. The first-order valence-electron chi connectivity index (χ1n) is 6.97. The summed E-state index contributed by atoms with van der Waals surface area (Å²) in [6, 6.07) is -1.01. The number of carboxylic acid groups (broad SMARTS) is 1. The lowest BCUT2D eigenvalue weighted by atomic mass is 10.0. The van der Waals surface area contributed by atoms with E-state index in [2.05, 4.69) is 11.9 Å². The number of thioether (sulfide) groups is 1. The van der Waals surface area contributed by atoms with Crippen LogP contribution in [-0.4, -0.2) is 39.3 Å². The second kappa shape index (κ2) is 8.32. The van der Waals surface area contributed by atoms with Gasteiger partial charge in [-0.1, -0.05) is 6.08 Å². The molecule has 0 saturated carbocycles. The minimum atomic E-state index is -1.07. The molecule has 0 radical (unpaired) electrons. The van der Waals surface area contributed by atoms with Gasteiger partial charge in [-0.3, -0.25) is 0 Å². The molecule has 0 aromatic rings. The van der Waals surface area contributed by atoms with Crippen LogP contribution in [0.1, 0.15) is 47.5 Å². The van der Waals surface area contributed by atoms with Crippen molar-refractivity contribution in [2.75, 3.05) is 5.75 Å². The third kappa shape index (κ3) is 8.65. The van der Waals surface area contributed by atoms with Gasteiger partial charge in [0.05, 0.1) is 0 Å². The highest BCUT2D eigenvalue weighted by Crippen LogP contribution is 2.29. The SMILES string of the molecule is C=CCCCSC(C)(C)C(NC(=O)OC(C)(C)C)C(=O)O. The van der Waals surface area contributed by atoms with Crippen LogP contribution in [-0.2, 0) is 9.53 Å². The molecule has 0 aliphatic carbocycles. The average molecular weight is 317 g/mol. The fourth-order valence-electron chi connectivity index (χ4n) is 1.60. The Kier molecular flexibility index (Phi) is 7.85. The van der Waals surface area contributed by atoms with Crippen molar-refractivity contribution in [3.05, 3.63) is 12.7 Å². The van der Waals surface area contributed by atoms with Crippen LogP contribution in [0.3, 0.4) is 0 Å². The minimum absolute atomic E-state index is 0.635. The summed E-state index contributed by atoms with van der Waals surface area (Å²) >= 11 is 1.52. The zero-order chi connectivity index (χ0) is 16.7.